The fourth-order valence-electron chi connectivity index (χ4n) is 1.49. The highest BCUT2D eigenvalue weighted by atomic mass is 79.9. The number of pyridine rings is 1. The van der Waals surface area contributed by atoms with Crippen LogP contribution in [0.1, 0.15) is 15.4 Å². The topological polar surface area (TPSA) is 80.0 Å². The Balaban J connectivity index is 1.83. The number of thiophene rings is 1. The summed E-state index contributed by atoms with van der Waals surface area (Å²) in [6, 6.07) is 7.38. The molecule has 2 rings (SSSR count). The highest BCUT2D eigenvalue weighted by molar-refractivity contribution is 9.11. The number of carbonyl (C=O) groups excluding carboxylic acids is 1. The molecule has 0 fully saturated rings. The molecule has 100 valence electrons. The van der Waals surface area contributed by atoms with Gasteiger partial charge in [-0.2, -0.15) is 0 Å². The van der Waals surface area contributed by atoms with Crippen molar-refractivity contribution in [3.8, 4) is 0 Å². The highest BCUT2D eigenvalue weighted by Gasteiger charge is 2.06. The van der Waals surface area contributed by atoms with Crippen molar-refractivity contribution < 1.29 is 4.79 Å². The van der Waals surface area contributed by atoms with Crippen LogP contribution in [0.2, 0.25) is 0 Å². The van der Waals surface area contributed by atoms with Gasteiger partial charge in [0.15, 0.2) is 0 Å². The van der Waals surface area contributed by atoms with Crippen LogP contribution in [0.25, 0.3) is 0 Å². The second-order valence-electron chi connectivity index (χ2n) is 3.79. The summed E-state index contributed by atoms with van der Waals surface area (Å²) in [4.78, 5) is 17.1. The molecule has 2 aromatic rings. The van der Waals surface area contributed by atoms with Crippen molar-refractivity contribution >= 4 is 38.9 Å². The van der Waals surface area contributed by atoms with Crippen molar-refractivity contribution in [1.82, 2.24) is 10.3 Å². The zero-order valence-electron chi connectivity index (χ0n) is 10.0. The van der Waals surface area contributed by atoms with Crippen LogP contribution in [-0.2, 0) is 6.42 Å². The summed E-state index contributed by atoms with van der Waals surface area (Å²) in [6.07, 6.45) is 2.33. The molecule has 2 aromatic heterocycles. The number of rotatable bonds is 5. The first-order chi connectivity index (χ1) is 9.19. The molecule has 19 heavy (non-hydrogen) atoms. The van der Waals surface area contributed by atoms with Gasteiger partial charge in [-0.05, 0) is 46.6 Å². The summed E-state index contributed by atoms with van der Waals surface area (Å²) in [5.74, 6) is 5.05. The Labute approximate surface area is 123 Å². The number of hydrazine groups is 1. The number of nitrogens with two attached hydrogens (primary N) is 1. The molecule has 1 amide bonds. The minimum Gasteiger partial charge on any atom is -0.350 e. The Kier molecular flexibility index (Phi) is 4.89. The molecule has 0 atom stereocenters. The smallest absolute Gasteiger partial charge is 0.269 e. The number of amides is 1. The van der Waals surface area contributed by atoms with E-state index in [0.717, 1.165) is 10.2 Å². The minimum atomic E-state index is -0.181. The Bertz CT molecular complexity index is 555. The van der Waals surface area contributed by atoms with Gasteiger partial charge < -0.3 is 10.7 Å². The molecular weight excluding hydrogens is 328 g/mol. The zero-order valence-corrected chi connectivity index (χ0v) is 12.4. The van der Waals surface area contributed by atoms with Gasteiger partial charge >= 0.3 is 0 Å². The van der Waals surface area contributed by atoms with Crippen molar-refractivity contribution in [2.75, 3.05) is 12.0 Å². The van der Waals surface area contributed by atoms with Gasteiger partial charge in [0.05, 0.1) is 15.7 Å². The van der Waals surface area contributed by atoms with Crippen LogP contribution in [-0.4, -0.2) is 17.4 Å². The molecule has 0 aliphatic carbocycles. The van der Waals surface area contributed by atoms with Gasteiger partial charge in [0.25, 0.3) is 5.91 Å². The van der Waals surface area contributed by atoms with E-state index in [2.05, 4.69) is 31.7 Å². The van der Waals surface area contributed by atoms with Gasteiger partial charge in [-0.25, -0.2) is 4.98 Å². The molecule has 0 aromatic carbocycles. The molecular formula is C12H13BrN4OS. The van der Waals surface area contributed by atoms with Gasteiger partial charge in [-0.1, -0.05) is 0 Å². The summed E-state index contributed by atoms with van der Waals surface area (Å²) in [7, 11) is 0. The minimum absolute atomic E-state index is 0.181. The molecule has 0 bridgehead atoms. The summed E-state index contributed by atoms with van der Waals surface area (Å²) in [6.45, 7) is 0.588. The second-order valence-corrected chi connectivity index (χ2v) is 6.34. The normalized spacial score (nSPS) is 10.2. The molecule has 7 heteroatoms. The number of nitrogens with one attached hydrogen (secondary N) is 2. The molecule has 0 aliphatic rings. The lowest BCUT2D eigenvalue weighted by molar-refractivity contribution is 0.0949. The van der Waals surface area contributed by atoms with Gasteiger partial charge in [-0.3, -0.25) is 10.6 Å². The summed E-state index contributed by atoms with van der Waals surface area (Å²) < 4.78 is 1.10. The standard InChI is InChI=1S/C12H13BrN4OS/c13-11-4-2-9(19-11)5-6-15-12(18)10-3-1-8(17-14)7-16-10/h1-4,7,17H,5-6,14H2,(H,15,18). The first-order valence-electron chi connectivity index (χ1n) is 5.64. The van der Waals surface area contributed by atoms with E-state index in [1.54, 1.807) is 23.5 Å². The number of carbonyl (C=O) groups is 1. The van der Waals surface area contributed by atoms with E-state index in [1.807, 2.05) is 12.1 Å². The van der Waals surface area contributed by atoms with Crippen molar-refractivity contribution in [2.24, 2.45) is 5.84 Å². The third-order valence-electron chi connectivity index (χ3n) is 2.45. The van der Waals surface area contributed by atoms with Crippen molar-refractivity contribution in [3.63, 3.8) is 0 Å². The number of hydrogen-bond acceptors (Lipinski definition) is 5. The summed E-state index contributed by atoms with van der Waals surface area (Å²) in [5, 5.41) is 2.83. The maximum atomic E-state index is 11.8. The molecule has 0 unspecified atom stereocenters. The van der Waals surface area contributed by atoms with E-state index in [4.69, 9.17) is 5.84 Å². The van der Waals surface area contributed by atoms with Gasteiger partial charge in [0.1, 0.15) is 5.69 Å². The third kappa shape index (κ3) is 4.02. The summed E-state index contributed by atoms with van der Waals surface area (Å²) in [5.41, 5.74) is 3.51. The van der Waals surface area contributed by atoms with Crippen LogP contribution in [0.3, 0.4) is 0 Å². The quantitative estimate of drug-likeness (QED) is 0.575. The second kappa shape index (κ2) is 6.65. The third-order valence-corrected chi connectivity index (χ3v) is 4.13. The Hall–Kier alpha value is -1.44. The van der Waals surface area contributed by atoms with Crippen LogP contribution in [0, 0.1) is 0 Å². The largest absolute Gasteiger partial charge is 0.350 e. The Morgan fingerprint density at radius 2 is 2.21 bits per heavy atom. The Morgan fingerprint density at radius 1 is 1.37 bits per heavy atom. The first-order valence-corrected chi connectivity index (χ1v) is 7.25. The predicted octanol–water partition coefficient (Wildman–Crippen LogP) is 2.16. The number of nitrogen functional groups attached to an aromatic ring is 1. The summed E-state index contributed by atoms with van der Waals surface area (Å²) >= 11 is 5.08. The fourth-order valence-corrected chi connectivity index (χ4v) is 2.97. The first kappa shape index (κ1) is 14.0. The van der Waals surface area contributed by atoms with Gasteiger partial charge in [0.2, 0.25) is 0 Å². The number of nitrogens with zero attached hydrogens (tertiary/aromatic N) is 1. The van der Waals surface area contributed by atoms with E-state index in [9.17, 15) is 4.79 Å². The maximum absolute atomic E-state index is 11.8. The number of halogens is 1. The van der Waals surface area contributed by atoms with Crippen molar-refractivity contribution in [3.05, 3.63) is 44.8 Å². The van der Waals surface area contributed by atoms with Crippen LogP contribution in [0.15, 0.2) is 34.2 Å². The van der Waals surface area contributed by atoms with E-state index in [1.165, 1.54) is 11.1 Å². The molecule has 0 saturated heterocycles. The molecule has 0 radical (unpaired) electrons. The monoisotopic (exact) mass is 340 g/mol. The maximum Gasteiger partial charge on any atom is 0.269 e. The molecule has 0 aliphatic heterocycles. The average molecular weight is 341 g/mol. The van der Waals surface area contributed by atoms with E-state index in [0.29, 0.717) is 17.9 Å². The van der Waals surface area contributed by atoms with Crippen molar-refractivity contribution in [1.29, 1.82) is 0 Å². The molecule has 0 spiro atoms. The highest BCUT2D eigenvalue weighted by Crippen LogP contribution is 2.22. The lowest BCUT2D eigenvalue weighted by Crippen LogP contribution is -2.26. The van der Waals surface area contributed by atoms with Crippen LogP contribution in [0.4, 0.5) is 5.69 Å². The van der Waals surface area contributed by atoms with Crippen LogP contribution >= 0.6 is 27.3 Å². The lowest BCUT2D eigenvalue weighted by Gasteiger charge is -2.04. The van der Waals surface area contributed by atoms with Crippen molar-refractivity contribution in [2.45, 2.75) is 6.42 Å². The number of hydrogen-bond donors (Lipinski definition) is 3. The number of anilines is 1. The molecule has 5 nitrogen and oxygen atoms in total. The molecule has 0 saturated carbocycles. The predicted molar refractivity (Wildman–Crippen MR) is 80.1 cm³/mol. The SMILES string of the molecule is NNc1ccc(C(=O)NCCc2ccc(Br)s2)nc1. The zero-order chi connectivity index (χ0) is 13.7. The van der Waals surface area contributed by atoms with Crippen LogP contribution in [0.5, 0.6) is 0 Å². The van der Waals surface area contributed by atoms with E-state index >= 15 is 0 Å². The van der Waals surface area contributed by atoms with Gasteiger partial charge in [0, 0.05) is 11.4 Å². The molecule has 4 N–H and O–H groups in total. The van der Waals surface area contributed by atoms with E-state index in [-0.39, 0.29) is 5.91 Å². The number of aromatic nitrogens is 1. The van der Waals surface area contributed by atoms with Gasteiger partial charge in [-0.15, -0.1) is 11.3 Å². The fraction of sp³-hybridized carbons (Fsp3) is 0.167. The van der Waals surface area contributed by atoms with Crippen LogP contribution < -0.4 is 16.6 Å². The Morgan fingerprint density at radius 3 is 2.79 bits per heavy atom. The average Bonchev–Trinajstić information content (AvgIpc) is 2.84. The molecule has 2 heterocycles. The lowest BCUT2D eigenvalue weighted by atomic mass is 10.3. The van der Waals surface area contributed by atoms with E-state index < -0.39 is 0 Å².